The van der Waals surface area contributed by atoms with E-state index >= 15 is 0 Å². The molecule has 13 heteroatoms. The summed E-state index contributed by atoms with van der Waals surface area (Å²) in [5.41, 5.74) is 3.32. The average Bonchev–Trinajstić information content (AvgIpc) is 3.46. The van der Waals surface area contributed by atoms with E-state index in [0.29, 0.717) is 52.6 Å². The van der Waals surface area contributed by atoms with E-state index < -0.39 is 29.7 Å². The molecule has 3 N–H and O–H groups in total. The van der Waals surface area contributed by atoms with Crippen LogP contribution in [-0.2, 0) is 26.3 Å². The van der Waals surface area contributed by atoms with Crippen LogP contribution in [0.5, 0.6) is 0 Å². The van der Waals surface area contributed by atoms with Crippen LogP contribution < -0.4 is 16.0 Å². The van der Waals surface area contributed by atoms with E-state index in [1.165, 1.54) is 30.6 Å². The largest absolute Gasteiger partial charge is 0.453 e. The third kappa shape index (κ3) is 5.87. The number of nitrogens with zero attached hydrogens (tertiary/aromatic N) is 2. The molecule has 5 rings (SSSR count). The number of hydrogen-bond donors (Lipinski definition) is 3. The van der Waals surface area contributed by atoms with E-state index in [9.17, 15) is 19.2 Å². The van der Waals surface area contributed by atoms with Crippen molar-refractivity contribution in [3.63, 3.8) is 0 Å². The molecule has 1 saturated heterocycles. The highest BCUT2D eigenvalue weighted by molar-refractivity contribution is 7.07. The van der Waals surface area contributed by atoms with Gasteiger partial charge >= 0.3 is 12.2 Å². The predicted octanol–water partition coefficient (Wildman–Crippen LogP) is 4.40. The molecule has 11 nitrogen and oxygen atoms in total. The van der Waals surface area contributed by atoms with Crippen LogP contribution >= 0.6 is 22.9 Å². The van der Waals surface area contributed by atoms with Crippen molar-refractivity contribution >= 4 is 58.3 Å². The first kappa shape index (κ1) is 27.4. The van der Waals surface area contributed by atoms with Gasteiger partial charge in [0.25, 0.3) is 5.91 Å². The highest BCUT2D eigenvalue weighted by Crippen LogP contribution is 2.43. The molecule has 2 aliphatic heterocycles. The fraction of sp³-hybridized carbons (Fsp3) is 0.296. The number of nitrogens with one attached hydrogen (secondary N) is 3. The lowest BCUT2D eigenvalue weighted by atomic mass is 9.83. The SMILES string of the molecule is COC(=O)Nc1ccc(C(=O)N[C@@H](Cc2cscn2)C(=O)N2CCC[C@@]3(C2)OC(=O)Nc2ccc(Cl)cc23)cc1. The molecule has 1 spiro atoms. The number of aromatic nitrogens is 1. The molecular weight excluding hydrogens is 558 g/mol. The van der Waals surface area contributed by atoms with Gasteiger partial charge in [-0.05, 0) is 55.3 Å². The van der Waals surface area contributed by atoms with Crippen LogP contribution in [0.25, 0.3) is 0 Å². The number of likely N-dealkylation sites (tertiary alicyclic amines) is 1. The number of halogens is 1. The maximum atomic E-state index is 13.9. The zero-order chi connectivity index (χ0) is 28.3. The first-order valence-electron chi connectivity index (χ1n) is 12.5. The number of rotatable bonds is 6. The second-order valence-corrected chi connectivity index (χ2v) is 10.6. The number of hydrogen-bond acceptors (Lipinski definition) is 8. The fourth-order valence-corrected chi connectivity index (χ4v) is 5.71. The van der Waals surface area contributed by atoms with Crippen molar-refractivity contribution in [3.05, 3.63) is 75.2 Å². The molecule has 3 heterocycles. The van der Waals surface area contributed by atoms with Gasteiger partial charge in [0.05, 0.1) is 30.5 Å². The third-order valence-corrected chi connectivity index (χ3v) is 7.71. The quantitative estimate of drug-likeness (QED) is 0.391. The Morgan fingerprint density at radius 3 is 2.77 bits per heavy atom. The van der Waals surface area contributed by atoms with Crippen molar-refractivity contribution < 1.29 is 28.7 Å². The summed E-state index contributed by atoms with van der Waals surface area (Å²) in [6, 6.07) is 10.4. The summed E-state index contributed by atoms with van der Waals surface area (Å²) in [5.74, 6) is -0.780. The minimum Gasteiger partial charge on any atom is -0.453 e. The summed E-state index contributed by atoms with van der Waals surface area (Å²) >= 11 is 7.67. The number of methoxy groups -OCH3 is 1. The van der Waals surface area contributed by atoms with Gasteiger partial charge in [-0.15, -0.1) is 11.3 Å². The Morgan fingerprint density at radius 1 is 1.25 bits per heavy atom. The van der Waals surface area contributed by atoms with Crippen LogP contribution in [-0.4, -0.2) is 60.1 Å². The maximum Gasteiger partial charge on any atom is 0.412 e. The first-order chi connectivity index (χ1) is 19.3. The minimum absolute atomic E-state index is 0.115. The monoisotopic (exact) mass is 583 g/mol. The normalized spacial score (nSPS) is 18.6. The van der Waals surface area contributed by atoms with Gasteiger partial charge in [-0.25, -0.2) is 14.6 Å². The fourth-order valence-electron chi connectivity index (χ4n) is 4.97. The zero-order valence-electron chi connectivity index (χ0n) is 21.4. The summed E-state index contributed by atoms with van der Waals surface area (Å²) < 4.78 is 10.4. The number of amides is 4. The van der Waals surface area contributed by atoms with Gasteiger partial charge in [-0.3, -0.25) is 20.2 Å². The number of carbonyl (C=O) groups is 4. The molecule has 1 aromatic heterocycles. The molecule has 0 aliphatic carbocycles. The predicted molar refractivity (Wildman–Crippen MR) is 149 cm³/mol. The molecule has 0 bridgehead atoms. The lowest BCUT2D eigenvalue weighted by molar-refractivity contribution is -0.141. The maximum absolute atomic E-state index is 13.9. The summed E-state index contributed by atoms with van der Waals surface area (Å²) in [6.45, 7) is 0.544. The Hall–Kier alpha value is -4.16. The number of thiazole rings is 1. The molecule has 0 unspecified atom stereocenters. The van der Waals surface area contributed by atoms with E-state index in [1.807, 2.05) is 5.38 Å². The minimum atomic E-state index is -1.06. The summed E-state index contributed by atoms with van der Waals surface area (Å²) in [4.78, 5) is 56.9. The Balaban J connectivity index is 1.37. The second-order valence-electron chi connectivity index (χ2n) is 9.47. The molecule has 3 aromatic rings. The van der Waals surface area contributed by atoms with Crippen LogP contribution in [0.4, 0.5) is 21.0 Å². The summed E-state index contributed by atoms with van der Waals surface area (Å²) in [7, 11) is 1.25. The zero-order valence-corrected chi connectivity index (χ0v) is 23.0. The number of ether oxygens (including phenoxy) is 2. The first-order valence-corrected chi connectivity index (χ1v) is 13.8. The molecule has 2 aliphatic rings. The summed E-state index contributed by atoms with van der Waals surface area (Å²) in [5, 5.41) is 10.4. The number of anilines is 2. The molecular formula is C27H26ClN5O6S. The van der Waals surface area contributed by atoms with Crippen LogP contribution in [0.2, 0.25) is 5.02 Å². The van der Waals surface area contributed by atoms with Gasteiger partial charge < -0.3 is 19.7 Å². The Bertz CT molecular complexity index is 1430. The van der Waals surface area contributed by atoms with Crippen LogP contribution in [0.3, 0.4) is 0 Å². The number of carbonyl (C=O) groups excluding carboxylic acids is 4. The highest BCUT2D eigenvalue weighted by Gasteiger charge is 2.47. The number of fused-ring (bicyclic) bond motifs is 2. The van der Waals surface area contributed by atoms with Crippen molar-refractivity contribution in [1.29, 1.82) is 0 Å². The van der Waals surface area contributed by atoms with E-state index in [1.54, 1.807) is 40.7 Å². The lowest BCUT2D eigenvalue weighted by Crippen LogP contribution is -2.57. The van der Waals surface area contributed by atoms with E-state index in [2.05, 4.69) is 25.7 Å². The van der Waals surface area contributed by atoms with Crippen molar-refractivity contribution in [1.82, 2.24) is 15.2 Å². The van der Waals surface area contributed by atoms with Gasteiger partial charge in [-0.1, -0.05) is 11.6 Å². The number of benzene rings is 2. The average molecular weight is 584 g/mol. The van der Waals surface area contributed by atoms with Gasteiger partial charge in [0, 0.05) is 40.2 Å². The molecule has 2 aromatic carbocycles. The Kier molecular flexibility index (Phi) is 7.90. The highest BCUT2D eigenvalue weighted by atomic mass is 35.5. The lowest BCUT2D eigenvalue weighted by Gasteiger charge is -2.45. The standard InChI is InChI=1S/C27H26ClN5O6S/c1-38-25(36)30-18-6-3-16(4-7-18)23(34)31-22(12-19-13-40-15-29-19)24(35)33-10-2-9-27(14-33)20-11-17(28)5-8-21(20)32-26(37)39-27/h3-8,11,13,15,22H,2,9-10,12,14H2,1H3,(H,30,36)(H,31,34)(H,32,37)/t22-,27-/m0/s1. The van der Waals surface area contributed by atoms with E-state index in [-0.39, 0.29) is 18.9 Å². The van der Waals surface area contributed by atoms with Gasteiger partial charge in [-0.2, -0.15) is 0 Å². The van der Waals surface area contributed by atoms with Gasteiger partial charge in [0.2, 0.25) is 5.91 Å². The van der Waals surface area contributed by atoms with E-state index in [0.717, 1.165) is 0 Å². The topological polar surface area (TPSA) is 139 Å². The second kappa shape index (κ2) is 11.5. The molecule has 0 radical (unpaired) electrons. The smallest absolute Gasteiger partial charge is 0.412 e. The van der Waals surface area contributed by atoms with E-state index in [4.69, 9.17) is 16.3 Å². The van der Waals surface area contributed by atoms with Crippen molar-refractivity contribution in [3.8, 4) is 0 Å². The van der Waals surface area contributed by atoms with Crippen LogP contribution in [0.15, 0.2) is 53.4 Å². The molecule has 2 atom stereocenters. The van der Waals surface area contributed by atoms with Gasteiger partial charge in [0.1, 0.15) is 6.04 Å². The van der Waals surface area contributed by atoms with Crippen molar-refractivity contribution in [2.75, 3.05) is 30.8 Å². The van der Waals surface area contributed by atoms with Crippen LogP contribution in [0.1, 0.15) is 34.5 Å². The molecule has 1 fully saturated rings. The summed E-state index contributed by atoms with van der Waals surface area (Å²) in [6.07, 6.45) is 0.0590. The Labute approximate surface area is 238 Å². The van der Waals surface area contributed by atoms with Crippen molar-refractivity contribution in [2.24, 2.45) is 0 Å². The molecule has 4 amide bonds. The molecule has 208 valence electrons. The number of piperidine rings is 1. The Morgan fingerprint density at radius 2 is 2.05 bits per heavy atom. The molecule has 40 heavy (non-hydrogen) atoms. The molecule has 0 saturated carbocycles. The van der Waals surface area contributed by atoms with Crippen LogP contribution in [0, 0.1) is 0 Å². The van der Waals surface area contributed by atoms with Gasteiger partial charge in [0.15, 0.2) is 5.60 Å². The third-order valence-electron chi connectivity index (χ3n) is 6.84. The van der Waals surface area contributed by atoms with Crippen molar-refractivity contribution in [2.45, 2.75) is 30.9 Å².